The molecular weight excluding hydrogens is 256 g/mol. The number of benzene rings is 1. The summed E-state index contributed by atoms with van der Waals surface area (Å²) in [6, 6.07) is 5.91. The van der Waals surface area contributed by atoms with Gasteiger partial charge in [0.1, 0.15) is 11.5 Å². The molecule has 0 fully saturated rings. The topological polar surface area (TPSA) is 18.5 Å². The Kier molecular flexibility index (Phi) is 5.54. The van der Waals surface area contributed by atoms with E-state index in [0.717, 1.165) is 29.7 Å². The molecular formula is C12H17BrO2. The second-order valence-corrected chi connectivity index (χ2v) is 4.08. The van der Waals surface area contributed by atoms with Crippen LogP contribution in [0.15, 0.2) is 18.2 Å². The van der Waals surface area contributed by atoms with E-state index in [0.29, 0.717) is 0 Å². The Morgan fingerprint density at radius 2 is 1.67 bits per heavy atom. The molecule has 0 saturated carbocycles. The Hall–Kier alpha value is -0.700. The standard InChI is InChI=1S/C12H17BrO2/c1-14-11-7-5-8-12(15-2)10(11)6-3-4-9-13/h5,7-8H,3-4,6,9H2,1-2H3. The van der Waals surface area contributed by atoms with Crippen LogP contribution in [0.4, 0.5) is 0 Å². The summed E-state index contributed by atoms with van der Waals surface area (Å²) in [6.45, 7) is 0. The van der Waals surface area contributed by atoms with E-state index in [1.807, 2.05) is 18.2 Å². The van der Waals surface area contributed by atoms with Gasteiger partial charge in [-0.1, -0.05) is 22.0 Å². The maximum absolute atomic E-state index is 5.33. The second kappa shape index (κ2) is 6.72. The molecule has 0 aliphatic rings. The molecule has 0 aliphatic heterocycles. The first-order chi connectivity index (χ1) is 7.33. The van der Waals surface area contributed by atoms with Crippen molar-refractivity contribution in [3.8, 4) is 11.5 Å². The van der Waals surface area contributed by atoms with Crippen LogP contribution in [0.25, 0.3) is 0 Å². The molecule has 0 heterocycles. The van der Waals surface area contributed by atoms with Crippen LogP contribution in [0, 0.1) is 0 Å². The number of hydrogen-bond acceptors (Lipinski definition) is 2. The van der Waals surface area contributed by atoms with Crippen LogP contribution in [-0.2, 0) is 6.42 Å². The number of alkyl halides is 1. The maximum atomic E-state index is 5.33. The summed E-state index contributed by atoms with van der Waals surface area (Å²) < 4.78 is 10.7. The Balaban J connectivity index is 2.80. The van der Waals surface area contributed by atoms with Crippen molar-refractivity contribution >= 4 is 15.9 Å². The van der Waals surface area contributed by atoms with Gasteiger partial charge in [0.2, 0.25) is 0 Å². The van der Waals surface area contributed by atoms with E-state index in [2.05, 4.69) is 15.9 Å². The molecule has 0 atom stereocenters. The summed E-state index contributed by atoms with van der Waals surface area (Å²) in [6.07, 6.45) is 3.31. The normalized spacial score (nSPS) is 10.1. The zero-order valence-corrected chi connectivity index (χ0v) is 10.8. The lowest BCUT2D eigenvalue weighted by atomic mass is 10.1. The highest BCUT2D eigenvalue weighted by molar-refractivity contribution is 9.09. The molecule has 3 heteroatoms. The van der Waals surface area contributed by atoms with E-state index < -0.39 is 0 Å². The van der Waals surface area contributed by atoms with Crippen LogP contribution >= 0.6 is 15.9 Å². The Morgan fingerprint density at radius 3 is 2.13 bits per heavy atom. The number of ether oxygens (including phenoxy) is 2. The molecule has 0 saturated heterocycles. The number of rotatable bonds is 6. The molecule has 1 aromatic rings. The van der Waals surface area contributed by atoms with E-state index in [9.17, 15) is 0 Å². The third kappa shape index (κ3) is 3.42. The van der Waals surface area contributed by atoms with E-state index in [4.69, 9.17) is 9.47 Å². The molecule has 0 radical (unpaired) electrons. The van der Waals surface area contributed by atoms with Crippen molar-refractivity contribution < 1.29 is 9.47 Å². The SMILES string of the molecule is COc1cccc(OC)c1CCCCBr. The lowest BCUT2D eigenvalue weighted by Crippen LogP contribution is -1.97. The van der Waals surface area contributed by atoms with E-state index in [1.54, 1.807) is 14.2 Å². The number of hydrogen-bond donors (Lipinski definition) is 0. The van der Waals surface area contributed by atoms with E-state index in [-0.39, 0.29) is 0 Å². The average molecular weight is 273 g/mol. The van der Waals surface area contributed by atoms with Crippen molar-refractivity contribution in [1.29, 1.82) is 0 Å². The zero-order chi connectivity index (χ0) is 11.1. The first kappa shape index (κ1) is 12.4. The van der Waals surface area contributed by atoms with E-state index in [1.165, 1.54) is 12.0 Å². The van der Waals surface area contributed by atoms with Gasteiger partial charge in [-0.25, -0.2) is 0 Å². The molecule has 2 nitrogen and oxygen atoms in total. The number of methoxy groups -OCH3 is 2. The fourth-order valence-electron chi connectivity index (χ4n) is 1.57. The summed E-state index contributed by atoms with van der Waals surface area (Å²) in [5.74, 6) is 1.84. The van der Waals surface area contributed by atoms with Gasteiger partial charge in [-0.15, -0.1) is 0 Å². The highest BCUT2D eigenvalue weighted by atomic mass is 79.9. The molecule has 0 aromatic heterocycles. The van der Waals surface area contributed by atoms with Crippen molar-refractivity contribution in [1.82, 2.24) is 0 Å². The Labute approximate surface area is 99.7 Å². The van der Waals surface area contributed by atoms with Gasteiger partial charge in [0, 0.05) is 10.9 Å². The molecule has 0 bridgehead atoms. The smallest absolute Gasteiger partial charge is 0.125 e. The summed E-state index contributed by atoms with van der Waals surface area (Å²) >= 11 is 3.43. The third-order valence-corrected chi connectivity index (χ3v) is 2.90. The average Bonchev–Trinajstić information content (AvgIpc) is 2.29. The Bertz CT molecular complexity index is 277. The summed E-state index contributed by atoms with van der Waals surface area (Å²) in [5.41, 5.74) is 1.17. The molecule has 0 N–H and O–H groups in total. The van der Waals surface area contributed by atoms with Crippen molar-refractivity contribution in [2.45, 2.75) is 19.3 Å². The van der Waals surface area contributed by atoms with Crippen LogP contribution < -0.4 is 9.47 Å². The third-order valence-electron chi connectivity index (χ3n) is 2.34. The number of halogens is 1. The second-order valence-electron chi connectivity index (χ2n) is 3.29. The molecule has 0 spiro atoms. The summed E-state index contributed by atoms with van der Waals surface area (Å²) in [7, 11) is 3.39. The largest absolute Gasteiger partial charge is 0.496 e. The fraction of sp³-hybridized carbons (Fsp3) is 0.500. The van der Waals surface area contributed by atoms with Crippen LogP contribution in [-0.4, -0.2) is 19.5 Å². The molecule has 0 aliphatic carbocycles. The Morgan fingerprint density at radius 1 is 1.07 bits per heavy atom. The minimum atomic E-state index is 0.920. The van der Waals surface area contributed by atoms with Crippen molar-refractivity contribution in [2.75, 3.05) is 19.5 Å². The summed E-state index contributed by atoms with van der Waals surface area (Å²) in [5, 5.41) is 1.05. The molecule has 0 unspecified atom stereocenters. The quantitative estimate of drug-likeness (QED) is 0.584. The molecule has 84 valence electrons. The predicted molar refractivity (Wildman–Crippen MR) is 66.3 cm³/mol. The van der Waals surface area contributed by atoms with Gasteiger partial charge in [-0.05, 0) is 31.4 Å². The molecule has 15 heavy (non-hydrogen) atoms. The first-order valence-electron chi connectivity index (χ1n) is 5.09. The van der Waals surface area contributed by atoms with Crippen LogP contribution in [0.1, 0.15) is 18.4 Å². The van der Waals surface area contributed by atoms with Crippen molar-refractivity contribution in [3.63, 3.8) is 0 Å². The maximum Gasteiger partial charge on any atom is 0.125 e. The summed E-state index contributed by atoms with van der Waals surface area (Å²) in [4.78, 5) is 0. The number of unbranched alkanes of at least 4 members (excludes halogenated alkanes) is 1. The zero-order valence-electron chi connectivity index (χ0n) is 9.25. The first-order valence-corrected chi connectivity index (χ1v) is 6.21. The van der Waals surface area contributed by atoms with Crippen molar-refractivity contribution in [2.24, 2.45) is 0 Å². The van der Waals surface area contributed by atoms with Crippen LogP contribution in [0.5, 0.6) is 11.5 Å². The minimum Gasteiger partial charge on any atom is -0.496 e. The van der Waals surface area contributed by atoms with Gasteiger partial charge in [0.15, 0.2) is 0 Å². The van der Waals surface area contributed by atoms with Gasteiger partial charge < -0.3 is 9.47 Å². The molecule has 1 rings (SSSR count). The lowest BCUT2D eigenvalue weighted by Gasteiger charge is -2.12. The highest BCUT2D eigenvalue weighted by Crippen LogP contribution is 2.29. The predicted octanol–water partition coefficient (Wildman–Crippen LogP) is 3.42. The van der Waals surface area contributed by atoms with Crippen LogP contribution in [0.2, 0.25) is 0 Å². The lowest BCUT2D eigenvalue weighted by molar-refractivity contribution is 0.384. The monoisotopic (exact) mass is 272 g/mol. The van der Waals surface area contributed by atoms with Gasteiger partial charge in [0.25, 0.3) is 0 Å². The molecule has 0 amide bonds. The highest BCUT2D eigenvalue weighted by Gasteiger charge is 2.08. The van der Waals surface area contributed by atoms with Crippen molar-refractivity contribution in [3.05, 3.63) is 23.8 Å². The van der Waals surface area contributed by atoms with Gasteiger partial charge in [0.05, 0.1) is 14.2 Å². The van der Waals surface area contributed by atoms with Crippen LogP contribution in [0.3, 0.4) is 0 Å². The fourth-order valence-corrected chi connectivity index (χ4v) is 1.97. The molecule has 1 aromatic carbocycles. The minimum absolute atomic E-state index is 0.920. The van der Waals surface area contributed by atoms with E-state index >= 15 is 0 Å². The van der Waals surface area contributed by atoms with Gasteiger partial charge >= 0.3 is 0 Å². The van der Waals surface area contributed by atoms with Gasteiger partial charge in [-0.2, -0.15) is 0 Å². The van der Waals surface area contributed by atoms with Gasteiger partial charge in [-0.3, -0.25) is 0 Å².